The number of nitrogens with zero attached hydrogens (tertiary/aromatic N) is 3. The van der Waals surface area contributed by atoms with Crippen molar-refractivity contribution in [1.82, 2.24) is 14.7 Å². The highest BCUT2D eigenvalue weighted by Gasteiger charge is 2.26. The molecule has 156 valence electrons. The molecule has 1 amide bonds. The number of fused-ring (bicyclic) bond motifs is 1. The van der Waals surface area contributed by atoms with Gasteiger partial charge < -0.3 is 14.5 Å². The van der Waals surface area contributed by atoms with Crippen LogP contribution in [-0.4, -0.2) is 80.1 Å². The minimum Gasteiger partial charge on any atom is -0.497 e. The van der Waals surface area contributed by atoms with E-state index in [0.29, 0.717) is 0 Å². The van der Waals surface area contributed by atoms with E-state index in [0.717, 1.165) is 57.4 Å². The summed E-state index contributed by atoms with van der Waals surface area (Å²) in [5.41, 5.74) is 2.93. The average Bonchev–Trinajstić information content (AvgIpc) is 3.20. The van der Waals surface area contributed by atoms with Crippen LogP contribution in [0.5, 0.6) is 5.75 Å². The molecular weight excluding hydrogens is 350 g/mol. The second-order valence-corrected chi connectivity index (χ2v) is 8.42. The summed E-state index contributed by atoms with van der Waals surface area (Å²) in [5, 5.41) is 0. The Labute approximate surface area is 170 Å². The minimum atomic E-state index is 0.232. The molecule has 1 saturated carbocycles. The van der Waals surface area contributed by atoms with Gasteiger partial charge >= 0.3 is 0 Å². The molecule has 2 heterocycles. The topological polar surface area (TPSA) is 36.0 Å². The van der Waals surface area contributed by atoms with Gasteiger partial charge in [-0.05, 0) is 56.0 Å². The van der Waals surface area contributed by atoms with E-state index in [1.165, 1.54) is 43.4 Å². The summed E-state index contributed by atoms with van der Waals surface area (Å²) in [6.07, 6.45) is 7.86. The molecule has 4 rings (SSSR count). The zero-order chi connectivity index (χ0) is 19.9. The van der Waals surface area contributed by atoms with Gasteiger partial charge in [0.05, 0.1) is 7.11 Å². The molecule has 0 N–H and O–H groups in total. The number of amides is 1. The second kappa shape index (κ2) is 10.3. The van der Waals surface area contributed by atoms with Crippen LogP contribution in [-0.2, 0) is 17.6 Å². The molecule has 0 aromatic heterocycles. The lowest BCUT2D eigenvalue weighted by molar-refractivity contribution is -0.130. The Morgan fingerprint density at radius 2 is 1.61 bits per heavy atom. The maximum atomic E-state index is 11.1. The van der Waals surface area contributed by atoms with Crippen molar-refractivity contribution in [1.29, 1.82) is 0 Å². The van der Waals surface area contributed by atoms with E-state index >= 15 is 0 Å². The average molecular weight is 388 g/mol. The molecule has 2 aliphatic heterocycles. The van der Waals surface area contributed by atoms with E-state index in [1.807, 2.05) is 4.90 Å². The van der Waals surface area contributed by atoms with Crippen LogP contribution in [0.4, 0.5) is 0 Å². The Kier molecular flexibility index (Phi) is 7.74. The van der Waals surface area contributed by atoms with Gasteiger partial charge in [0.2, 0.25) is 5.91 Å². The predicted molar refractivity (Wildman–Crippen MR) is 114 cm³/mol. The fourth-order valence-corrected chi connectivity index (χ4v) is 4.61. The number of carbonyl (C=O) groups excluding carboxylic acids is 1. The van der Waals surface area contributed by atoms with Crippen molar-refractivity contribution < 1.29 is 9.53 Å². The van der Waals surface area contributed by atoms with Gasteiger partial charge in [0.25, 0.3) is 0 Å². The summed E-state index contributed by atoms with van der Waals surface area (Å²) in [6, 6.07) is 7.26. The molecule has 5 nitrogen and oxygen atoms in total. The van der Waals surface area contributed by atoms with Crippen LogP contribution in [0.3, 0.4) is 0 Å². The first-order valence-electron chi connectivity index (χ1n) is 10.9. The quantitative estimate of drug-likeness (QED) is 0.782. The second-order valence-electron chi connectivity index (χ2n) is 8.42. The highest BCUT2D eigenvalue weighted by molar-refractivity contribution is 5.73. The number of likely N-dealkylation sites (N-methyl/N-ethyl adjacent to an activating group) is 1. The van der Waals surface area contributed by atoms with Gasteiger partial charge in [0, 0.05) is 52.2 Å². The number of rotatable bonds is 2. The van der Waals surface area contributed by atoms with Crippen LogP contribution in [0.1, 0.15) is 43.7 Å². The summed E-state index contributed by atoms with van der Waals surface area (Å²) in [4.78, 5) is 18.1. The van der Waals surface area contributed by atoms with E-state index in [1.54, 1.807) is 14.0 Å². The Balaban J connectivity index is 0.000000161. The minimum absolute atomic E-state index is 0.232. The number of carbonyl (C=O) groups is 1. The fourth-order valence-electron chi connectivity index (χ4n) is 4.61. The lowest BCUT2D eigenvalue weighted by Crippen LogP contribution is -2.50. The van der Waals surface area contributed by atoms with Crippen molar-refractivity contribution in [2.24, 2.45) is 0 Å². The Hall–Kier alpha value is -1.59. The monoisotopic (exact) mass is 387 g/mol. The normalized spacial score (nSPS) is 21.5. The van der Waals surface area contributed by atoms with E-state index in [2.05, 4.69) is 35.0 Å². The molecule has 5 heteroatoms. The van der Waals surface area contributed by atoms with Crippen LogP contribution < -0.4 is 4.74 Å². The van der Waals surface area contributed by atoms with Crippen LogP contribution in [0.2, 0.25) is 0 Å². The summed E-state index contributed by atoms with van der Waals surface area (Å²) in [7, 11) is 3.91. The molecule has 3 aliphatic rings. The lowest BCUT2D eigenvalue weighted by atomic mass is 10.0. The van der Waals surface area contributed by atoms with Crippen LogP contribution in [0, 0.1) is 0 Å². The Bertz CT molecular complexity index is 635. The van der Waals surface area contributed by atoms with Gasteiger partial charge in [0.1, 0.15) is 5.75 Å². The lowest BCUT2D eigenvalue weighted by Gasteiger charge is -2.37. The molecule has 1 aromatic carbocycles. The SMILES string of the molecule is CC(=O)N1CCN(C2CCCC2)CC1.COc1ccc2c(c1)CCN(C)CC2. The number of hydrogen-bond donors (Lipinski definition) is 0. The number of methoxy groups -OCH3 is 1. The van der Waals surface area contributed by atoms with Gasteiger partial charge in [-0.3, -0.25) is 9.69 Å². The van der Waals surface area contributed by atoms with Crippen molar-refractivity contribution >= 4 is 5.91 Å². The maximum absolute atomic E-state index is 11.1. The van der Waals surface area contributed by atoms with Gasteiger partial charge in [-0.2, -0.15) is 0 Å². The zero-order valence-corrected chi connectivity index (χ0v) is 18.0. The van der Waals surface area contributed by atoms with Crippen molar-refractivity contribution in [3.8, 4) is 5.75 Å². The van der Waals surface area contributed by atoms with Gasteiger partial charge in [-0.1, -0.05) is 18.9 Å². The first-order chi connectivity index (χ1) is 13.6. The maximum Gasteiger partial charge on any atom is 0.219 e. The molecule has 28 heavy (non-hydrogen) atoms. The summed E-state index contributed by atoms with van der Waals surface area (Å²) < 4.78 is 5.23. The number of piperazine rings is 1. The van der Waals surface area contributed by atoms with E-state index in [4.69, 9.17) is 4.74 Å². The highest BCUT2D eigenvalue weighted by Crippen LogP contribution is 2.24. The third-order valence-corrected chi connectivity index (χ3v) is 6.54. The molecular formula is C23H37N3O2. The van der Waals surface area contributed by atoms with Crippen molar-refractivity contribution in [3.63, 3.8) is 0 Å². The Morgan fingerprint density at radius 1 is 0.964 bits per heavy atom. The van der Waals surface area contributed by atoms with Crippen molar-refractivity contribution in [2.75, 3.05) is 53.4 Å². The molecule has 1 saturated heterocycles. The first kappa shape index (κ1) is 21.1. The molecule has 0 atom stereocenters. The van der Waals surface area contributed by atoms with E-state index < -0.39 is 0 Å². The summed E-state index contributed by atoms with van der Waals surface area (Å²) in [6.45, 7) is 8.04. The van der Waals surface area contributed by atoms with E-state index in [-0.39, 0.29) is 5.91 Å². The first-order valence-corrected chi connectivity index (χ1v) is 10.9. The van der Waals surface area contributed by atoms with Gasteiger partial charge in [0.15, 0.2) is 0 Å². The number of benzene rings is 1. The summed E-state index contributed by atoms with van der Waals surface area (Å²) >= 11 is 0. The van der Waals surface area contributed by atoms with Crippen LogP contribution in [0.25, 0.3) is 0 Å². The standard InChI is InChI=1S/C12H17NO.C11H20N2O/c1-13-7-5-10-3-4-12(14-2)9-11(10)6-8-13;1-10(14)12-6-8-13(9-7-12)11-4-2-3-5-11/h3-4,9H,5-8H2,1-2H3;11H,2-9H2,1H3. The largest absolute Gasteiger partial charge is 0.497 e. The van der Waals surface area contributed by atoms with Gasteiger partial charge in [-0.15, -0.1) is 0 Å². The van der Waals surface area contributed by atoms with E-state index in [9.17, 15) is 4.79 Å². The highest BCUT2D eigenvalue weighted by atomic mass is 16.5. The molecule has 1 aromatic rings. The number of ether oxygens (including phenoxy) is 1. The van der Waals surface area contributed by atoms with Gasteiger partial charge in [-0.25, -0.2) is 0 Å². The molecule has 0 spiro atoms. The Morgan fingerprint density at radius 3 is 2.21 bits per heavy atom. The third-order valence-electron chi connectivity index (χ3n) is 6.54. The molecule has 0 bridgehead atoms. The molecule has 0 radical (unpaired) electrons. The van der Waals surface area contributed by atoms with Crippen molar-refractivity contribution in [2.45, 2.75) is 51.5 Å². The van der Waals surface area contributed by atoms with Crippen molar-refractivity contribution in [3.05, 3.63) is 29.3 Å². The van der Waals surface area contributed by atoms with Crippen LogP contribution in [0.15, 0.2) is 18.2 Å². The molecule has 2 fully saturated rings. The third kappa shape index (κ3) is 5.71. The molecule has 0 unspecified atom stereocenters. The number of hydrogen-bond acceptors (Lipinski definition) is 4. The van der Waals surface area contributed by atoms with Crippen LogP contribution >= 0.6 is 0 Å². The summed E-state index contributed by atoms with van der Waals surface area (Å²) in [5.74, 6) is 1.21. The fraction of sp³-hybridized carbons (Fsp3) is 0.696. The zero-order valence-electron chi connectivity index (χ0n) is 18.0. The molecule has 1 aliphatic carbocycles. The predicted octanol–water partition coefficient (Wildman–Crippen LogP) is 2.82. The smallest absolute Gasteiger partial charge is 0.219 e.